The average Bonchev–Trinajstić information content (AvgIpc) is 1.33. The van der Waals surface area contributed by atoms with E-state index in [0.29, 0.717) is 0 Å². The Bertz CT molecular complexity index is 82.5. The number of carboxylic acids is 1. The molecule has 0 fully saturated rings. The van der Waals surface area contributed by atoms with Gasteiger partial charge >= 0.3 is 29.6 Å². The van der Waals surface area contributed by atoms with Gasteiger partial charge in [0.2, 0.25) is 0 Å². The molecule has 0 amide bonds. The number of carboxylic acid groups (broad SMARTS) is 1. The average molecular weight is 125 g/mol. The van der Waals surface area contributed by atoms with E-state index in [1.54, 1.807) is 6.07 Å². The molecule has 0 atom stereocenters. The van der Waals surface area contributed by atoms with E-state index >= 15 is 0 Å². The molecular weight excluding hydrogens is 117 g/mol. The molecule has 0 heterocycles. The van der Waals surface area contributed by atoms with Gasteiger partial charge in [0.25, 0.3) is 5.97 Å². The second-order valence-electron chi connectivity index (χ2n) is 0.743. The van der Waals surface area contributed by atoms with Gasteiger partial charge in [0.05, 0.1) is 6.07 Å². The Hall–Kier alpha value is -0.0400. The molecule has 8 heavy (non-hydrogen) atoms. The van der Waals surface area contributed by atoms with Crippen LogP contribution in [-0.2, 0) is 4.79 Å². The summed E-state index contributed by atoms with van der Waals surface area (Å²) in [6, 6.07) is 1.75. The van der Waals surface area contributed by atoms with E-state index in [-0.39, 0.29) is 29.6 Å². The van der Waals surface area contributed by atoms with Gasteiger partial charge in [-0.15, -0.1) is 0 Å². The first-order chi connectivity index (χ1) is 3.15. The standard InChI is InChI=1S/C2H3N.C2H4O2.Na.H/c1-2-3;1-2(3)4;;/h1H3;1H3,(H,3,4);;. The molecule has 0 spiro atoms. The van der Waals surface area contributed by atoms with Crippen molar-refractivity contribution >= 4 is 35.5 Å². The summed E-state index contributed by atoms with van der Waals surface area (Å²) in [7, 11) is 0. The van der Waals surface area contributed by atoms with Crippen LogP contribution in [0.4, 0.5) is 0 Å². The van der Waals surface area contributed by atoms with Gasteiger partial charge < -0.3 is 5.11 Å². The monoisotopic (exact) mass is 125 g/mol. The quantitative estimate of drug-likeness (QED) is 0.462. The Morgan fingerprint density at radius 1 is 1.75 bits per heavy atom. The van der Waals surface area contributed by atoms with Crippen LogP contribution in [0.5, 0.6) is 0 Å². The second-order valence-corrected chi connectivity index (χ2v) is 0.743. The fraction of sp³-hybridized carbons (Fsp3) is 0.500. The topological polar surface area (TPSA) is 61.1 Å². The van der Waals surface area contributed by atoms with Crippen LogP contribution in [0.2, 0.25) is 0 Å². The third-order valence-electron chi connectivity index (χ3n) is 0. The molecule has 0 saturated carbocycles. The van der Waals surface area contributed by atoms with Crippen LogP contribution in [0.15, 0.2) is 0 Å². The van der Waals surface area contributed by atoms with E-state index in [1.807, 2.05) is 0 Å². The van der Waals surface area contributed by atoms with Gasteiger partial charge in [-0.05, 0) is 0 Å². The van der Waals surface area contributed by atoms with Gasteiger partial charge in [-0.3, -0.25) is 4.79 Å². The fourth-order valence-electron chi connectivity index (χ4n) is 0. The Kier molecular flexibility index (Phi) is 30.9. The number of hydrogen-bond acceptors (Lipinski definition) is 2. The summed E-state index contributed by atoms with van der Waals surface area (Å²) >= 11 is 0. The fourth-order valence-corrected chi connectivity index (χ4v) is 0. The van der Waals surface area contributed by atoms with E-state index in [4.69, 9.17) is 15.2 Å². The Labute approximate surface area is 70.6 Å². The molecule has 0 rings (SSSR count). The third kappa shape index (κ3) is 91600. The summed E-state index contributed by atoms with van der Waals surface area (Å²) in [6.07, 6.45) is 0. The number of aliphatic carboxylic acids is 1. The minimum absolute atomic E-state index is 0. The molecule has 0 saturated heterocycles. The minimum atomic E-state index is -0.833. The van der Waals surface area contributed by atoms with E-state index in [9.17, 15) is 0 Å². The van der Waals surface area contributed by atoms with Crippen LogP contribution < -0.4 is 0 Å². The zero-order chi connectivity index (χ0) is 6.28. The Balaban J connectivity index is -0.0000000575. The molecule has 42 valence electrons. The number of nitriles is 1. The first-order valence-corrected chi connectivity index (χ1v) is 1.65. The number of carbonyl (C=O) groups is 1. The number of hydrogen-bond donors (Lipinski definition) is 1. The molecule has 0 aliphatic rings. The van der Waals surface area contributed by atoms with Crippen molar-refractivity contribution in [2.45, 2.75) is 13.8 Å². The molecule has 0 radical (unpaired) electrons. The summed E-state index contributed by atoms with van der Waals surface area (Å²) in [5.74, 6) is -0.833. The van der Waals surface area contributed by atoms with Gasteiger partial charge in [0.15, 0.2) is 0 Å². The van der Waals surface area contributed by atoms with Crippen LogP contribution in [0, 0.1) is 11.3 Å². The normalized spacial score (nSPS) is 4.12. The third-order valence-corrected chi connectivity index (χ3v) is 0. The first kappa shape index (κ1) is 15.7. The molecule has 3 nitrogen and oxygen atoms in total. The second kappa shape index (κ2) is 15.8. The van der Waals surface area contributed by atoms with Crippen molar-refractivity contribution in [3.05, 3.63) is 0 Å². The van der Waals surface area contributed by atoms with Crippen LogP contribution in [-0.4, -0.2) is 40.6 Å². The van der Waals surface area contributed by atoms with Crippen molar-refractivity contribution in [3.63, 3.8) is 0 Å². The summed E-state index contributed by atoms with van der Waals surface area (Å²) < 4.78 is 0. The predicted octanol–water partition coefficient (Wildman–Crippen LogP) is -0.0277. The molecule has 0 unspecified atom stereocenters. The molecule has 0 aromatic heterocycles. The van der Waals surface area contributed by atoms with Crippen molar-refractivity contribution in [2.75, 3.05) is 0 Å². The van der Waals surface area contributed by atoms with Crippen LogP contribution in [0.3, 0.4) is 0 Å². The first-order valence-electron chi connectivity index (χ1n) is 1.65. The van der Waals surface area contributed by atoms with Gasteiger partial charge in [0, 0.05) is 13.8 Å². The molecule has 1 N–H and O–H groups in total. The molecule has 0 bridgehead atoms. The van der Waals surface area contributed by atoms with Crippen molar-refractivity contribution in [1.82, 2.24) is 0 Å². The SMILES string of the molecule is CC#N.CC(=O)O.[NaH]. The van der Waals surface area contributed by atoms with Crippen molar-refractivity contribution < 1.29 is 9.90 Å². The molecule has 4 heteroatoms. The maximum absolute atomic E-state index is 9.00. The van der Waals surface area contributed by atoms with Gasteiger partial charge in [-0.25, -0.2) is 0 Å². The van der Waals surface area contributed by atoms with Gasteiger partial charge in [-0.1, -0.05) is 0 Å². The van der Waals surface area contributed by atoms with Crippen LogP contribution >= 0.6 is 0 Å². The zero-order valence-corrected chi connectivity index (χ0v) is 4.30. The Morgan fingerprint density at radius 2 is 1.75 bits per heavy atom. The van der Waals surface area contributed by atoms with Crippen molar-refractivity contribution in [1.29, 1.82) is 5.26 Å². The Morgan fingerprint density at radius 3 is 1.75 bits per heavy atom. The molecule has 0 aliphatic heterocycles. The van der Waals surface area contributed by atoms with Crippen LogP contribution in [0.25, 0.3) is 0 Å². The van der Waals surface area contributed by atoms with Crippen molar-refractivity contribution in [3.8, 4) is 6.07 Å². The van der Waals surface area contributed by atoms with Crippen molar-refractivity contribution in [2.24, 2.45) is 0 Å². The summed E-state index contributed by atoms with van der Waals surface area (Å²) in [5.41, 5.74) is 0. The maximum atomic E-state index is 9.00. The van der Waals surface area contributed by atoms with E-state index in [2.05, 4.69) is 0 Å². The van der Waals surface area contributed by atoms with E-state index in [1.165, 1.54) is 6.92 Å². The van der Waals surface area contributed by atoms with Gasteiger partial charge in [-0.2, -0.15) is 5.26 Å². The summed E-state index contributed by atoms with van der Waals surface area (Å²) in [5, 5.41) is 14.7. The zero-order valence-electron chi connectivity index (χ0n) is 4.30. The van der Waals surface area contributed by atoms with Gasteiger partial charge in [0.1, 0.15) is 0 Å². The summed E-state index contributed by atoms with van der Waals surface area (Å²) in [4.78, 5) is 9.00. The predicted molar refractivity (Wildman–Crippen MR) is 31.7 cm³/mol. The molecule has 0 aromatic carbocycles. The molecule has 0 aromatic rings. The molecule has 0 aliphatic carbocycles. The van der Waals surface area contributed by atoms with Crippen LogP contribution in [0.1, 0.15) is 13.8 Å². The number of nitrogens with zero attached hydrogens (tertiary/aromatic N) is 1. The number of rotatable bonds is 0. The summed E-state index contributed by atoms with van der Waals surface area (Å²) in [6.45, 7) is 2.51. The van der Waals surface area contributed by atoms with E-state index in [0.717, 1.165) is 6.92 Å². The van der Waals surface area contributed by atoms with E-state index < -0.39 is 5.97 Å². The molecular formula is C4H8NNaO2.